The third-order valence-corrected chi connectivity index (χ3v) is 3.96. The van der Waals surface area contributed by atoms with Crippen molar-refractivity contribution in [2.75, 3.05) is 6.61 Å². The van der Waals surface area contributed by atoms with Crippen molar-refractivity contribution in [1.82, 2.24) is 9.97 Å². The van der Waals surface area contributed by atoms with Gasteiger partial charge in [0.05, 0.1) is 6.61 Å². The van der Waals surface area contributed by atoms with Crippen LogP contribution in [-0.4, -0.2) is 22.5 Å². The first kappa shape index (κ1) is 15.5. The van der Waals surface area contributed by atoms with Gasteiger partial charge in [-0.2, -0.15) is 4.98 Å². The lowest BCUT2D eigenvalue weighted by molar-refractivity contribution is 0.0522. The topological polar surface area (TPSA) is 61.3 Å². The number of rotatable bonds is 6. The Morgan fingerprint density at radius 3 is 2.70 bits per heavy atom. The van der Waals surface area contributed by atoms with E-state index in [0.29, 0.717) is 24.1 Å². The van der Waals surface area contributed by atoms with E-state index in [1.165, 1.54) is 19.0 Å². The Bertz CT molecular complexity index is 684. The second kappa shape index (κ2) is 6.77. The zero-order chi connectivity index (χ0) is 16.2. The molecule has 1 fully saturated rings. The predicted octanol–water partition coefficient (Wildman–Crippen LogP) is 3.96. The van der Waals surface area contributed by atoms with Gasteiger partial charge in [0.1, 0.15) is 17.1 Å². The SMILES string of the molecule is CCOC(=O)c1cnc(C(C)C2CC2)nc1Oc1ccccc1. The molecule has 0 radical (unpaired) electrons. The molecule has 1 saturated carbocycles. The molecule has 2 aromatic rings. The number of benzene rings is 1. The van der Waals surface area contributed by atoms with Gasteiger partial charge in [-0.15, -0.1) is 0 Å². The number of ether oxygens (including phenoxy) is 2. The van der Waals surface area contributed by atoms with Gasteiger partial charge in [0, 0.05) is 12.1 Å². The summed E-state index contributed by atoms with van der Waals surface area (Å²) in [7, 11) is 0. The molecule has 5 nitrogen and oxygen atoms in total. The number of nitrogens with zero attached hydrogens (tertiary/aromatic N) is 2. The van der Waals surface area contributed by atoms with E-state index < -0.39 is 5.97 Å². The molecule has 1 aromatic carbocycles. The second-order valence-electron chi connectivity index (χ2n) is 5.71. The van der Waals surface area contributed by atoms with Crippen molar-refractivity contribution in [3.05, 3.63) is 47.9 Å². The summed E-state index contributed by atoms with van der Waals surface area (Å²) in [5.41, 5.74) is 0.252. The van der Waals surface area contributed by atoms with Gasteiger partial charge in [0.25, 0.3) is 0 Å². The van der Waals surface area contributed by atoms with E-state index in [2.05, 4.69) is 16.9 Å². The Morgan fingerprint density at radius 2 is 2.04 bits per heavy atom. The first-order chi connectivity index (χ1) is 11.2. The predicted molar refractivity (Wildman–Crippen MR) is 85.6 cm³/mol. The minimum Gasteiger partial charge on any atom is -0.462 e. The van der Waals surface area contributed by atoms with Crippen LogP contribution < -0.4 is 4.74 Å². The third kappa shape index (κ3) is 3.67. The van der Waals surface area contributed by atoms with E-state index in [-0.39, 0.29) is 17.4 Å². The molecule has 0 aliphatic heterocycles. The van der Waals surface area contributed by atoms with Crippen LogP contribution in [-0.2, 0) is 4.74 Å². The van der Waals surface area contributed by atoms with Gasteiger partial charge in [-0.05, 0) is 37.8 Å². The molecule has 0 saturated heterocycles. The van der Waals surface area contributed by atoms with E-state index in [4.69, 9.17) is 9.47 Å². The molecule has 1 atom stereocenters. The van der Waals surface area contributed by atoms with E-state index in [9.17, 15) is 4.79 Å². The van der Waals surface area contributed by atoms with E-state index in [1.54, 1.807) is 6.92 Å². The Hall–Kier alpha value is -2.43. The summed E-state index contributed by atoms with van der Waals surface area (Å²) in [6.45, 7) is 4.17. The van der Waals surface area contributed by atoms with Crippen LogP contribution in [0.25, 0.3) is 0 Å². The Morgan fingerprint density at radius 1 is 1.30 bits per heavy atom. The van der Waals surface area contributed by atoms with Crippen LogP contribution >= 0.6 is 0 Å². The van der Waals surface area contributed by atoms with Crippen molar-refractivity contribution in [1.29, 1.82) is 0 Å². The Labute approximate surface area is 135 Å². The molecule has 0 bridgehead atoms. The average Bonchev–Trinajstić information content (AvgIpc) is 3.40. The highest BCUT2D eigenvalue weighted by Crippen LogP contribution is 2.41. The van der Waals surface area contributed by atoms with Gasteiger partial charge in [0.2, 0.25) is 5.88 Å². The minimum atomic E-state index is -0.468. The lowest BCUT2D eigenvalue weighted by Gasteiger charge is -2.13. The summed E-state index contributed by atoms with van der Waals surface area (Å²) in [5.74, 6) is 2.03. The van der Waals surface area contributed by atoms with Gasteiger partial charge in [-0.1, -0.05) is 25.1 Å². The summed E-state index contributed by atoms with van der Waals surface area (Å²) in [5, 5.41) is 0. The standard InChI is InChI=1S/C18H20N2O3/c1-3-22-18(21)15-11-19-16(12(2)13-9-10-13)20-17(15)23-14-7-5-4-6-8-14/h4-8,11-13H,3,9-10H2,1-2H3. The summed E-state index contributed by atoms with van der Waals surface area (Å²) in [6, 6.07) is 9.28. The molecule has 5 heteroatoms. The summed E-state index contributed by atoms with van der Waals surface area (Å²) < 4.78 is 10.9. The van der Waals surface area contributed by atoms with Crippen molar-refractivity contribution in [3.8, 4) is 11.6 Å². The number of hydrogen-bond donors (Lipinski definition) is 0. The molecular formula is C18H20N2O3. The highest BCUT2D eigenvalue weighted by Gasteiger charge is 2.31. The average molecular weight is 312 g/mol. The summed E-state index contributed by atoms with van der Waals surface area (Å²) >= 11 is 0. The molecule has 120 valence electrons. The van der Waals surface area contributed by atoms with E-state index in [0.717, 1.165) is 0 Å². The van der Waals surface area contributed by atoms with Gasteiger partial charge in [-0.25, -0.2) is 9.78 Å². The number of aromatic nitrogens is 2. The van der Waals surface area contributed by atoms with Gasteiger partial charge in [-0.3, -0.25) is 0 Å². The zero-order valence-electron chi connectivity index (χ0n) is 13.4. The van der Waals surface area contributed by atoms with Crippen molar-refractivity contribution in [3.63, 3.8) is 0 Å². The van der Waals surface area contributed by atoms with Crippen molar-refractivity contribution >= 4 is 5.97 Å². The third-order valence-electron chi connectivity index (χ3n) is 3.96. The monoisotopic (exact) mass is 312 g/mol. The molecule has 0 N–H and O–H groups in total. The van der Waals surface area contributed by atoms with Gasteiger partial charge >= 0.3 is 5.97 Å². The number of esters is 1. The lowest BCUT2D eigenvalue weighted by atomic mass is 10.1. The first-order valence-corrected chi connectivity index (χ1v) is 7.96. The van der Waals surface area contributed by atoms with Crippen LogP contribution in [0, 0.1) is 5.92 Å². The largest absolute Gasteiger partial charge is 0.462 e. The second-order valence-corrected chi connectivity index (χ2v) is 5.71. The molecular weight excluding hydrogens is 292 g/mol. The highest BCUT2D eigenvalue weighted by atomic mass is 16.5. The molecule has 3 rings (SSSR count). The van der Waals surface area contributed by atoms with E-state index >= 15 is 0 Å². The molecule has 1 heterocycles. The smallest absolute Gasteiger partial charge is 0.345 e. The number of carbonyl (C=O) groups is 1. The van der Waals surface area contributed by atoms with Crippen LogP contribution in [0.15, 0.2) is 36.5 Å². The van der Waals surface area contributed by atoms with Crippen molar-refractivity contribution in [2.24, 2.45) is 5.92 Å². The summed E-state index contributed by atoms with van der Waals surface area (Å²) in [6.07, 6.45) is 3.93. The minimum absolute atomic E-state index is 0.252. The quantitative estimate of drug-likeness (QED) is 0.756. The number of hydrogen-bond acceptors (Lipinski definition) is 5. The number of para-hydroxylation sites is 1. The van der Waals surface area contributed by atoms with Gasteiger partial charge < -0.3 is 9.47 Å². The molecule has 1 aliphatic rings. The van der Waals surface area contributed by atoms with Crippen LogP contribution in [0.2, 0.25) is 0 Å². The van der Waals surface area contributed by atoms with Crippen molar-refractivity contribution < 1.29 is 14.3 Å². The molecule has 1 aromatic heterocycles. The fraction of sp³-hybridized carbons (Fsp3) is 0.389. The van der Waals surface area contributed by atoms with Crippen LogP contribution in [0.1, 0.15) is 48.8 Å². The van der Waals surface area contributed by atoms with Crippen molar-refractivity contribution in [2.45, 2.75) is 32.6 Å². The van der Waals surface area contributed by atoms with Gasteiger partial charge in [0.15, 0.2) is 0 Å². The zero-order valence-corrected chi connectivity index (χ0v) is 13.4. The highest BCUT2D eigenvalue weighted by molar-refractivity contribution is 5.91. The Balaban J connectivity index is 1.93. The molecule has 1 unspecified atom stereocenters. The fourth-order valence-corrected chi connectivity index (χ4v) is 2.43. The van der Waals surface area contributed by atoms with Crippen LogP contribution in [0.5, 0.6) is 11.6 Å². The van der Waals surface area contributed by atoms with Crippen LogP contribution in [0.3, 0.4) is 0 Å². The maximum atomic E-state index is 12.1. The van der Waals surface area contributed by atoms with Crippen LogP contribution in [0.4, 0.5) is 0 Å². The molecule has 0 amide bonds. The maximum Gasteiger partial charge on any atom is 0.345 e. The maximum absolute atomic E-state index is 12.1. The fourth-order valence-electron chi connectivity index (χ4n) is 2.43. The first-order valence-electron chi connectivity index (χ1n) is 7.96. The lowest BCUT2D eigenvalue weighted by Crippen LogP contribution is -2.11. The molecule has 23 heavy (non-hydrogen) atoms. The normalized spacial score (nSPS) is 15.0. The molecule has 1 aliphatic carbocycles. The molecule has 0 spiro atoms. The van der Waals surface area contributed by atoms with E-state index in [1.807, 2.05) is 30.3 Å². The Kier molecular flexibility index (Phi) is 4.55. The number of carbonyl (C=O) groups excluding carboxylic acids is 1. The summed E-state index contributed by atoms with van der Waals surface area (Å²) in [4.78, 5) is 21.0.